The van der Waals surface area contributed by atoms with Gasteiger partial charge in [0.25, 0.3) is 5.91 Å². The lowest BCUT2D eigenvalue weighted by molar-refractivity contribution is -0.152. The van der Waals surface area contributed by atoms with Crippen LogP contribution < -0.4 is 5.32 Å². The molecule has 0 radical (unpaired) electrons. The molecular formula is C19H24N2O4. The van der Waals surface area contributed by atoms with Crippen molar-refractivity contribution in [3.05, 3.63) is 35.9 Å². The second kappa shape index (κ2) is 6.86. The molecule has 1 saturated heterocycles. The highest BCUT2D eigenvalue weighted by atomic mass is 16.5. The maximum absolute atomic E-state index is 12.8. The third kappa shape index (κ3) is 3.25. The molecule has 1 N–H and O–H groups in total. The molecule has 25 heavy (non-hydrogen) atoms. The standard InChI is InChI=1S/C19H24N2O4/c1-13-8-6-7-11-19(13)17(23)21(18(24)20-19)12-16(22)25-14(2)15-9-4-3-5-10-15/h3-5,9-10,13-14H,6-8,11-12H2,1-2H3,(H,20,24)/t13-,14-,19+/m0/s1. The number of amides is 3. The summed E-state index contributed by atoms with van der Waals surface area (Å²) in [4.78, 5) is 38.3. The van der Waals surface area contributed by atoms with Crippen LogP contribution in [0, 0.1) is 5.92 Å². The van der Waals surface area contributed by atoms with E-state index in [0.717, 1.165) is 29.7 Å². The number of ether oxygens (including phenoxy) is 1. The first kappa shape index (κ1) is 17.5. The number of rotatable bonds is 4. The van der Waals surface area contributed by atoms with E-state index < -0.39 is 23.6 Å². The van der Waals surface area contributed by atoms with E-state index in [1.807, 2.05) is 37.3 Å². The largest absolute Gasteiger partial charge is 0.456 e. The van der Waals surface area contributed by atoms with Crippen molar-refractivity contribution in [3.63, 3.8) is 0 Å². The highest BCUT2D eigenvalue weighted by Gasteiger charge is 2.55. The summed E-state index contributed by atoms with van der Waals surface area (Å²) in [5.41, 5.74) is 0.0196. The molecule has 2 fully saturated rings. The summed E-state index contributed by atoms with van der Waals surface area (Å²) in [7, 11) is 0. The molecule has 1 aliphatic heterocycles. The lowest BCUT2D eigenvalue weighted by Gasteiger charge is -2.36. The van der Waals surface area contributed by atoms with Crippen LogP contribution in [0.15, 0.2) is 30.3 Å². The molecule has 6 nitrogen and oxygen atoms in total. The van der Waals surface area contributed by atoms with Gasteiger partial charge in [-0.3, -0.25) is 14.5 Å². The average molecular weight is 344 g/mol. The van der Waals surface area contributed by atoms with Crippen LogP contribution in [0.2, 0.25) is 0 Å². The lowest BCUT2D eigenvalue weighted by atomic mass is 9.73. The zero-order chi connectivity index (χ0) is 18.0. The summed E-state index contributed by atoms with van der Waals surface area (Å²) < 4.78 is 5.38. The number of urea groups is 1. The van der Waals surface area contributed by atoms with Gasteiger partial charge in [-0.2, -0.15) is 0 Å². The van der Waals surface area contributed by atoms with Crippen molar-refractivity contribution in [2.24, 2.45) is 5.92 Å². The Morgan fingerprint density at radius 1 is 1.32 bits per heavy atom. The number of hydrogen-bond acceptors (Lipinski definition) is 4. The zero-order valence-corrected chi connectivity index (χ0v) is 14.7. The highest BCUT2D eigenvalue weighted by Crippen LogP contribution is 2.38. The predicted octanol–water partition coefficient (Wildman–Crippen LogP) is 2.79. The van der Waals surface area contributed by atoms with E-state index in [9.17, 15) is 14.4 Å². The molecule has 0 bridgehead atoms. The summed E-state index contributed by atoms with van der Waals surface area (Å²) in [6.45, 7) is 3.40. The van der Waals surface area contributed by atoms with E-state index in [2.05, 4.69) is 5.32 Å². The molecule has 0 aromatic heterocycles. The number of nitrogens with zero attached hydrogens (tertiary/aromatic N) is 1. The molecule has 1 aromatic carbocycles. The van der Waals surface area contributed by atoms with Crippen LogP contribution in [-0.2, 0) is 14.3 Å². The van der Waals surface area contributed by atoms with Gasteiger partial charge in [-0.05, 0) is 31.2 Å². The van der Waals surface area contributed by atoms with Crippen LogP contribution in [0.25, 0.3) is 0 Å². The average Bonchev–Trinajstić information content (AvgIpc) is 2.83. The van der Waals surface area contributed by atoms with E-state index in [0.29, 0.717) is 6.42 Å². The topological polar surface area (TPSA) is 75.7 Å². The number of carbonyl (C=O) groups is 3. The van der Waals surface area contributed by atoms with Crippen LogP contribution >= 0.6 is 0 Å². The second-order valence-corrected chi connectivity index (χ2v) is 6.98. The molecule has 134 valence electrons. The number of esters is 1. The Kier molecular flexibility index (Phi) is 4.79. The summed E-state index contributed by atoms with van der Waals surface area (Å²) in [5, 5.41) is 2.84. The monoisotopic (exact) mass is 344 g/mol. The number of hydrogen-bond donors (Lipinski definition) is 1. The van der Waals surface area contributed by atoms with Gasteiger partial charge in [0.15, 0.2) is 0 Å². The fourth-order valence-corrected chi connectivity index (χ4v) is 3.79. The minimum atomic E-state index is -0.847. The molecule has 0 unspecified atom stereocenters. The van der Waals surface area contributed by atoms with Gasteiger partial charge in [0, 0.05) is 0 Å². The van der Waals surface area contributed by atoms with E-state index in [-0.39, 0.29) is 18.4 Å². The molecule has 3 amide bonds. The van der Waals surface area contributed by atoms with Crippen LogP contribution in [0.4, 0.5) is 4.79 Å². The summed E-state index contributed by atoms with van der Waals surface area (Å²) in [5.74, 6) is -0.809. The smallest absolute Gasteiger partial charge is 0.326 e. The molecule has 3 rings (SSSR count). The van der Waals surface area contributed by atoms with E-state index in [1.165, 1.54) is 0 Å². The normalized spacial score (nSPS) is 27.3. The maximum Gasteiger partial charge on any atom is 0.326 e. The quantitative estimate of drug-likeness (QED) is 0.673. The lowest BCUT2D eigenvalue weighted by Crippen LogP contribution is -2.54. The molecular weight excluding hydrogens is 320 g/mol. The van der Waals surface area contributed by atoms with E-state index in [1.54, 1.807) is 6.92 Å². The highest BCUT2D eigenvalue weighted by molar-refractivity contribution is 6.08. The SMILES string of the molecule is C[C@H](OC(=O)CN1C(=O)N[C@@]2(CCCC[C@@H]2C)C1=O)c1ccccc1. The third-order valence-electron chi connectivity index (χ3n) is 5.37. The Balaban J connectivity index is 1.65. The Bertz CT molecular complexity index is 675. The van der Waals surface area contributed by atoms with Gasteiger partial charge < -0.3 is 10.1 Å². The molecule has 1 aliphatic carbocycles. The predicted molar refractivity (Wildman–Crippen MR) is 91.6 cm³/mol. The van der Waals surface area contributed by atoms with Crippen LogP contribution in [0.5, 0.6) is 0 Å². The molecule has 2 aliphatic rings. The van der Waals surface area contributed by atoms with Crippen molar-refractivity contribution < 1.29 is 19.1 Å². The molecule has 1 spiro atoms. The van der Waals surface area contributed by atoms with Crippen molar-refractivity contribution in [1.29, 1.82) is 0 Å². The van der Waals surface area contributed by atoms with E-state index in [4.69, 9.17) is 4.74 Å². The minimum absolute atomic E-state index is 0.0713. The van der Waals surface area contributed by atoms with Gasteiger partial charge in [-0.1, -0.05) is 50.1 Å². The van der Waals surface area contributed by atoms with Gasteiger partial charge in [0.05, 0.1) is 0 Å². The summed E-state index contributed by atoms with van der Waals surface area (Å²) in [6, 6.07) is 8.85. The fourth-order valence-electron chi connectivity index (χ4n) is 3.79. The van der Waals surface area contributed by atoms with Crippen molar-refractivity contribution in [2.75, 3.05) is 6.54 Å². The Morgan fingerprint density at radius 3 is 2.72 bits per heavy atom. The molecule has 6 heteroatoms. The third-order valence-corrected chi connectivity index (χ3v) is 5.37. The van der Waals surface area contributed by atoms with Crippen LogP contribution in [0.3, 0.4) is 0 Å². The van der Waals surface area contributed by atoms with Gasteiger partial charge >= 0.3 is 12.0 Å². The fraction of sp³-hybridized carbons (Fsp3) is 0.526. The van der Waals surface area contributed by atoms with Crippen molar-refractivity contribution >= 4 is 17.9 Å². The van der Waals surface area contributed by atoms with Gasteiger partial charge in [0.1, 0.15) is 18.2 Å². The Labute approximate surface area is 147 Å². The van der Waals surface area contributed by atoms with Gasteiger partial charge in [0.2, 0.25) is 0 Å². The van der Waals surface area contributed by atoms with Crippen molar-refractivity contribution in [1.82, 2.24) is 10.2 Å². The van der Waals surface area contributed by atoms with Gasteiger partial charge in [-0.15, -0.1) is 0 Å². The first-order valence-electron chi connectivity index (χ1n) is 8.82. The molecule has 3 atom stereocenters. The van der Waals surface area contributed by atoms with E-state index >= 15 is 0 Å². The first-order chi connectivity index (χ1) is 11.9. The Morgan fingerprint density at radius 2 is 2.04 bits per heavy atom. The number of imide groups is 1. The first-order valence-corrected chi connectivity index (χ1v) is 8.82. The van der Waals surface area contributed by atoms with Crippen molar-refractivity contribution in [2.45, 2.75) is 51.2 Å². The van der Waals surface area contributed by atoms with Crippen LogP contribution in [-0.4, -0.2) is 34.9 Å². The number of carbonyl (C=O) groups excluding carboxylic acids is 3. The minimum Gasteiger partial charge on any atom is -0.456 e. The molecule has 1 saturated carbocycles. The van der Waals surface area contributed by atoms with Crippen molar-refractivity contribution in [3.8, 4) is 0 Å². The summed E-state index contributed by atoms with van der Waals surface area (Å²) in [6.07, 6.45) is 3.06. The summed E-state index contributed by atoms with van der Waals surface area (Å²) >= 11 is 0. The zero-order valence-electron chi connectivity index (χ0n) is 14.7. The van der Waals surface area contributed by atoms with Gasteiger partial charge in [-0.25, -0.2) is 4.79 Å². The molecule has 1 aromatic rings. The molecule has 1 heterocycles. The second-order valence-electron chi connectivity index (χ2n) is 6.98. The number of nitrogens with one attached hydrogen (secondary N) is 1. The van der Waals surface area contributed by atoms with Crippen LogP contribution in [0.1, 0.15) is 51.2 Å². The maximum atomic E-state index is 12.8. The Hall–Kier alpha value is -2.37. The number of benzene rings is 1.